The summed E-state index contributed by atoms with van der Waals surface area (Å²) >= 11 is 0. The lowest BCUT2D eigenvalue weighted by Gasteiger charge is -2.17. The fourth-order valence-electron chi connectivity index (χ4n) is 4.03. The second-order valence-electron chi connectivity index (χ2n) is 8.52. The predicted octanol–water partition coefficient (Wildman–Crippen LogP) is 5.71. The van der Waals surface area contributed by atoms with Crippen molar-refractivity contribution in [2.45, 2.75) is 46.5 Å². The van der Waals surface area contributed by atoms with Crippen LogP contribution in [0.2, 0.25) is 0 Å². The molecule has 0 radical (unpaired) electrons. The van der Waals surface area contributed by atoms with E-state index in [2.05, 4.69) is 15.1 Å². The van der Waals surface area contributed by atoms with Crippen molar-refractivity contribution in [3.63, 3.8) is 0 Å². The monoisotopic (exact) mass is 479 g/mol. The Morgan fingerprint density at radius 1 is 1.03 bits per heavy atom. The Labute approximate surface area is 204 Å². The topological polar surface area (TPSA) is 84.9 Å². The molecule has 184 valence electrons. The van der Waals surface area contributed by atoms with E-state index in [1.165, 1.54) is 12.1 Å². The second-order valence-corrected chi connectivity index (χ2v) is 8.52. The first-order valence-electron chi connectivity index (χ1n) is 11.5. The summed E-state index contributed by atoms with van der Waals surface area (Å²) in [6.07, 6.45) is 0.193. The quantitative estimate of drug-likeness (QED) is 0.233. The van der Waals surface area contributed by atoms with E-state index in [9.17, 15) is 19.1 Å². The van der Waals surface area contributed by atoms with E-state index < -0.39 is 18.3 Å². The van der Waals surface area contributed by atoms with Gasteiger partial charge in [0.05, 0.1) is 6.61 Å². The lowest BCUT2D eigenvalue weighted by Crippen LogP contribution is -2.18. The van der Waals surface area contributed by atoms with Gasteiger partial charge in [-0.05, 0) is 85.3 Å². The van der Waals surface area contributed by atoms with Crippen molar-refractivity contribution in [1.82, 2.24) is 0 Å². The van der Waals surface area contributed by atoms with Crippen LogP contribution in [0.1, 0.15) is 59.6 Å². The van der Waals surface area contributed by atoms with E-state index in [1.54, 1.807) is 25.1 Å². The van der Waals surface area contributed by atoms with Crippen LogP contribution in [0.3, 0.4) is 0 Å². The molecule has 0 fully saturated rings. The van der Waals surface area contributed by atoms with Crippen LogP contribution in [0, 0.1) is 19.7 Å². The maximum absolute atomic E-state index is 13.3. The maximum Gasteiger partial charge on any atom is 0.351 e. The molecule has 3 rings (SSSR count). The molecule has 3 aromatic carbocycles. The van der Waals surface area contributed by atoms with Gasteiger partial charge in [0.1, 0.15) is 18.0 Å². The molecule has 0 aliphatic carbocycles. The van der Waals surface area contributed by atoms with Gasteiger partial charge in [-0.1, -0.05) is 31.2 Å². The number of aryl methyl sites for hydroxylation is 2. The van der Waals surface area contributed by atoms with Crippen molar-refractivity contribution in [3.05, 3.63) is 93.8 Å². The number of phenols is 1. The summed E-state index contributed by atoms with van der Waals surface area (Å²) in [5, 5.41) is 13.2. The molecule has 0 saturated carbocycles. The average molecular weight is 480 g/mol. The van der Waals surface area contributed by atoms with Gasteiger partial charge in [0.15, 0.2) is 0 Å². The molecule has 0 bridgehead atoms. The van der Waals surface area contributed by atoms with Gasteiger partial charge in [0.25, 0.3) is 0 Å². The van der Waals surface area contributed by atoms with Crippen molar-refractivity contribution in [1.29, 1.82) is 0 Å². The number of rotatable bonds is 9. The highest BCUT2D eigenvalue weighted by atomic mass is 19.1. The highest BCUT2D eigenvalue weighted by Gasteiger charge is 2.16. The van der Waals surface area contributed by atoms with Gasteiger partial charge in [-0.3, -0.25) is 9.68 Å². The molecule has 0 spiro atoms. The Morgan fingerprint density at radius 2 is 1.69 bits per heavy atom. The van der Waals surface area contributed by atoms with E-state index >= 15 is 0 Å². The second kappa shape index (κ2) is 11.6. The summed E-state index contributed by atoms with van der Waals surface area (Å²) in [6, 6.07) is 15.5. The maximum atomic E-state index is 13.3. The summed E-state index contributed by atoms with van der Waals surface area (Å²) < 4.78 is 13.3. The largest absolute Gasteiger partial charge is 0.508 e. The van der Waals surface area contributed by atoms with E-state index in [0.29, 0.717) is 12.1 Å². The molecular weight excluding hydrogens is 449 g/mol. The van der Waals surface area contributed by atoms with Gasteiger partial charge in [0, 0.05) is 17.2 Å². The van der Waals surface area contributed by atoms with Crippen LogP contribution >= 0.6 is 0 Å². The Bertz CT molecular complexity index is 1180. The minimum atomic E-state index is -0.757. The number of carbonyl (C=O) groups excluding carboxylic acids is 2. The smallest absolute Gasteiger partial charge is 0.351 e. The van der Waals surface area contributed by atoms with E-state index in [-0.39, 0.29) is 24.1 Å². The molecular formula is C28H30FNO5. The van der Waals surface area contributed by atoms with Crippen LogP contribution in [-0.4, -0.2) is 23.6 Å². The first-order valence-corrected chi connectivity index (χ1v) is 11.5. The van der Waals surface area contributed by atoms with Crippen LogP contribution in [0.4, 0.5) is 10.1 Å². The standard InChI is InChI=1S/C28H30FNO5/c1-5-34-35-28(33)16-27(32)30-23-12-17(2)24(18(3)13-23)14-20-6-11-26(31)25(15-20)19(4)21-7-9-22(29)10-8-21/h6-13,15,19,31H,5,14,16H2,1-4H3,(H,30,32). The van der Waals surface area contributed by atoms with Crippen LogP contribution < -0.4 is 5.32 Å². The number of carbonyl (C=O) groups is 2. The minimum Gasteiger partial charge on any atom is -0.508 e. The first-order chi connectivity index (χ1) is 16.7. The molecule has 1 unspecified atom stereocenters. The highest BCUT2D eigenvalue weighted by molar-refractivity contribution is 6.01. The Balaban J connectivity index is 1.75. The van der Waals surface area contributed by atoms with Gasteiger partial charge >= 0.3 is 5.97 Å². The molecule has 0 saturated heterocycles. The van der Waals surface area contributed by atoms with Crippen molar-refractivity contribution in [3.8, 4) is 5.75 Å². The summed E-state index contributed by atoms with van der Waals surface area (Å²) in [4.78, 5) is 32.7. The minimum absolute atomic E-state index is 0.107. The van der Waals surface area contributed by atoms with Crippen LogP contribution in [-0.2, 0) is 25.8 Å². The van der Waals surface area contributed by atoms with Crippen molar-refractivity contribution >= 4 is 17.6 Å². The number of amides is 1. The van der Waals surface area contributed by atoms with Crippen LogP contribution in [0.15, 0.2) is 54.6 Å². The predicted molar refractivity (Wildman–Crippen MR) is 132 cm³/mol. The number of hydrogen-bond acceptors (Lipinski definition) is 5. The molecule has 35 heavy (non-hydrogen) atoms. The van der Waals surface area contributed by atoms with Crippen molar-refractivity contribution < 1.29 is 28.9 Å². The first kappa shape index (κ1) is 25.9. The van der Waals surface area contributed by atoms with Crippen molar-refractivity contribution in [2.24, 2.45) is 0 Å². The SMILES string of the molecule is CCOOC(=O)CC(=O)Nc1cc(C)c(Cc2ccc(O)c(C(C)c3ccc(F)cc3)c2)c(C)c1. The molecule has 0 aromatic heterocycles. The molecule has 6 nitrogen and oxygen atoms in total. The number of benzene rings is 3. The van der Waals surface area contributed by atoms with E-state index in [4.69, 9.17) is 0 Å². The average Bonchev–Trinajstić information content (AvgIpc) is 2.81. The van der Waals surface area contributed by atoms with Gasteiger partial charge in [-0.25, -0.2) is 9.18 Å². The molecule has 0 aliphatic heterocycles. The molecule has 3 aromatic rings. The fourth-order valence-corrected chi connectivity index (χ4v) is 4.03. The van der Waals surface area contributed by atoms with Gasteiger partial charge < -0.3 is 10.4 Å². The van der Waals surface area contributed by atoms with Crippen LogP contribution in [0.25, 0.3) is 0 Å². The number of hydrogen-bond donors (Lipinski definition) is 2. The van der Waals surface area contributed by atoms with Gasteiger partial charge in [-0.2, -0.15) is 4.89 Å². The molecule has 2 N–H and O–H groups in total. The highest BCUT2D eigenvalue weighted by Crippen LogP contribution is 2.33. The number of aromatic hydroxyl groups is 1. The third-order valence-electron chi connectivity index (χ3n) is 5.86. The van der Waals surface area contributed by atoms with E-state index in [1.807, 2.05) is 45.0 Å². The zero-order valence-corrected chi connectivity index (χ0v) is 20.4. The lowest BCUT2D eigenvalue weighted by molar-refractivity contribution is -0.269. The van der Waals surface area contributed by atoms with E-state index in [0.717, 1.165) is 33.4 Å². The zero-order chi connectivity index (χ0) is 25.5. The number of anilines is 1. The number of nitrogens with one attached hydrogen (secondary N) is 1. The summed E-state index contributed by atoms with van der Waals surface area (Å²) in [6.45, 7) is 7.78. The van der Waals surface area contributed by atoms with Gasteiger partial charge in [-0.15, -0.1) is 0 Å². The third kappa shape index (κ3) is 6.90. The molecule has 0 aliphatic rings. The summed E-state index contributed by atoms with van der Waals surface area (Å²) in [7, 11) is 0. The molecule has 1 atom stereocenters. The van der Waals surface area contributed by atoms with Gasteiger partial charge in [0.2, 0.25) is 5.91 Å². The molecule has 7 heteroatoms. The Kier molecular flexibility index (Phi) is 8.60. The Hall–Kier alpha value is -3.71. The fraction of sp³-hybridized carbons (Fsp3) is 0.286. The summed E-state index contributed by atoms with van der Waals surface area (Å²) in [5.41, 5.74) is 6.37. The molecule has 0 heterocycles. The normalized spacial score (nSPS) is 11.7. The summed E-state index contributed by atoms with van der Waals surface area (Å²) in [5.74, 6) is -1.45. The molecule has 1 amide bonds. The van der Waals surface area contributed by atoms with Crippen LogP contribution in [0.5, 0.6) is 5.75 Å². The van der Waals surface area contributed by atoms with Crippen molar-refractivity contribution in [2.75, 3.05) is 11.9 Å². The third-order valence-corrected chi connectivity index (χ3v) is 5.86. The number of phenolic OH excluding ortho intramolecular Hbond substituents is 1. The lowest BCUT2D eigenvalue weighted by atomic mass is 9.89. The number of halogens is 1. The Morgan fingerprint density at radius 3 is 2.31 bits per heavy atom. The zero-order valence-electron chi connectivity index (χ0n) is 20.4.